The number of benzene rings is 1. The zero-order valence-corrected chi connectivity index (χ0v) is 11.1. The van der Waals surface area contributed by atoms with E-state index in [-0.39, 0.29) is 0 Å². The second-order valence-electron chi connectivity index (χ2n) is 3.32. The Kier molecular flexibility index (Phi) is 3.54. The number of hydrogen-bond donors (Lipinski definition) is 0. The van der Waals surface area contributed by atoms with E-state index in [0.717, 1.165) is 15.4 Å². The van der Waals surface area contributed by atoms with E-state index in [4.69, 9.17) is 0 Å². The van der Waals surface area contributed by atoms with Crippen LogP contribution >= 0.6 is 31.9 Å². The average molecular weight is 327 g/mol. The molecule has 1 nitrogen and oxygen atoms in total. The van der Waals surface area contributed by atoms with E-state index >= 15 is 0 Å². The molecule has 0 aliphatic carbocycles. The summed E-state index contributed by atoms with van der Waals surface area (Å²) in [5.74, 6) is 0. The van der Waals surface area contributed by atoms with Crippen molar-refractivity contribution in [2.45, 2.75) is 6.42 Å². The molecule has 0 unspecified atom stereocenters. The van der Waals surface area contributed by atoms with Crippen molar-refractivity contribution in [1.29, 1.82) is 0 Å². The van der Waals surface area contributed by atoms with Gasteiger partial charge in [-0.1, -0.05) is 37.9 Å². The highest BCUT2D eigenvalue weighted by molar-refractivity contribution is 9.11. The molecule has 0 aliphatic rings. The van der Waals surface area contributed by atoms with Gasteiger partial charge in [0.05, 0.1) is 0 Å². The summed E-state index contributed by atoms with van der Waals surface area (Å²) in [6.07, 6.45) is 4.60. The number of nitrogens with zero attached hydrogens (tertiary/aromatic N) is 1. The van der Waals surface area contributed by atoms with E-state index in [2.05, 4.69) is 55.0 Å². The van der Waals surface area contributed by atoms with Gasteiger partial charge in [-0.3, -0.25) is 4.98 Å². The number of aromatic nitrogens is 1. The van der Waals surface area contributed by atoms with E-state index in [1.165, 1.54) is 11.1 Å². The number of pyridine rings is 1. The van der Waals surface area contributed by atoms with Crippen molar-refractivity contribution in [3.05, 3.63) is 62.8 Å². The summed E-state index contributed by atoms with van der Waals surface area (Å²) in [7, 11) is 0. The van der Waals surface area contributed by atoms with E-state index in [1.807, 2.05) is 18.3 Å². The summed E-state index contributed by atoms with van der Waals surface area (Å²) in [5.41, 5.74) is 2.49. The van der Waals surface area contributed by atoms with Crippen LogP contribution in [0.4, 0.5) is 0 Å². The van der Waals surface area contributed by atoms with Gasteiger partial charge in [0, 0.05) is 21.3 Å². The SMILES string of the molecule is Brc1cc(Br)cc(Cc2cccnc2)c1. The Labute approximate surface area is 106 Å². The maximum atomic E-state index is 4.10. The Morgan fingerprint density at radius 2 is 1.73 bits per heavy atom. The lowest BCUT2D eigenvalue weighted by molar-refractivity contribution is 1.14. The molecule has 0 bridgehead atoms. The first kappa shape index (κ1) is 10.8. The largest absolute Gasteiger partial charge is 0.264 e. The second-order valence-corrected chi connectivity index (χ2v) is 5.15. The minimum absolute atomic E-state index is 0.909. The van der Waals surface area contributed by atoms with Crippen LogP contribution in [0, 0.1) is 0 Å². The molecule has 0 spiro atoms. The number of rotatable bonds is 2. The highest BCUT2D eigenvalue weighted by atomic mass is 79.9. The van der Waals surface area contributed by atoms with Gasteiger partial charge in [0.2, 0.25) is 0 Å². The zero-order chi connectivity index (χ0) is 10.7. The molecule has 0 radical (unpaired) electrons. The van der Waals surface area contributed by atoms with Crippen LogP contribution in [-0.2, 0) is 6.42 Å². The molecule has 1 aromatic carbocycles. The topological polar surface area (TPSA) is 12.9 Å². The third-order valence-corrected chi connectivity index (χ3v) is 2.97. The lowest BCUT2D eigenvalue weighted by atomic mass is 10.1. The Hall–Kier alpha value is -0.670. The van der Waals surface area contributed by atoms with Crippen molar-refractivity contribution in [3.63, 3.8) is 0 Å². The number of hydrogen-bond acceptors (Lipinski definition) is 1. The first-order valence-electron chi connectivity index (χ1n) is 4.58. The normalized spacial score (nSPS) is 10.3. The van der Waals surface area contributed by atoms with Crippen LogP contribution in [-0.4, -0.2) is 4.98 Å². The van der Waals surface area contributed by atoms with Gasteiger partial charge in [0.1, 0.15) is 0 Å². The minimum Gasteiger partial charge on any atom is -0.264 e. The lowest BCUT2D eigenvalue weighted by Gasteiger charge is -2.03. The van der Waals surface area contributed by atoms with Gasteiger partial charge in [0.25, 0.3) is 0 Å². The standard InChI is InChI=1S/C12H9Br2N/c13-11-5-10(6-12(14)7-11)4-9-2-1-3-15-8-9/h1-3,5-8H,4H2. The van der Waals surface area contributed by atoms with E-state index in [1.54, 1.807) is 6.20 Å². The molecular formula is C12H9Br2N. The van der Waals surface area contributed by atoms with Gasteiger partial charge in [-0.05, 0) is 41.8 Å². The van der Waals surface area contributed by atoms with E-state index in [9.17, 15) is 0 Å². The van der Waals surface area contributed by atoms with Crippen LogP contribution in [0.2, 0.25) is 0 Å². The molecule has 0 fully saturated rings. The Morgan fingerprint density at radius 1 is 1.00 bits per heavy atom. The van der Waals surface area contributed by atoms with Crippen molar-refractivity contribution in [2.24, 2.45) is 0 Å². The predicted molar refractivity (Wildman–Crippen MR) is 68.9 cm³/mol. The van der Waals surface area contributed by atoms with Gasteiger partial charge >= 0.3 is 0 Å². The first-order valence-corrected chi connectivity index (χ1v) is 6.16. The van der Waals surface area contributed by atoms with Crippen molar-refractivity contribution < 1.29 is 0 Å². The molecule has 76 valence electrons. The average Bonchev–Trinajstić information content (AvgIpc) is 2.17. The quantitative estimate of drug-likeness (QED) is 0.806. The third-order valence-electron chi connectivity index (χ3n) is 2.05. The molecule has 1 aromatic heterocycles. The number of halogens is 2. The molecule has 0 amide bonds. The molecule has 0 N–H and O–H groups in total. The van der Waals surface area contributed by atoms with Gasteiger partial charge < -0.3 is 0 Å². The molecule has 0 atom stereocenters. The maximum absolute atomic E-state index is 4.10. The van der Waals surface area contributed by atoms with Crippen LogP contribution in [0.15, 0.2) is 51.7 Å². The predicted octanol–water partition coefficient (Wildman–Crippen LogP) is 4.20. The van der Waals surface area contributed by atoms with Gasteiger partial charge in [-0.2, -0.15) is 0 Å². The van der Waals surface area contributed by atoms with Crippen molar-refractivity contribution in [1.82, 2.24) is 4.98 Å². The summed E-state index contributed by atoms with van der Waals surface area (Å²) >= 11 is 6.96. The Bertz CT molecular complexity index is 434. The smallest absolute Gasteiger partial charge is 0.0303 e. The molecule has 0 saturated carbocycles. The third kappa shape index (κ3) is 3.14. The van der Waals surface area contributed by atoms with Gasteiger partial charge in [0.15, 0.2) is 0 Å². The molecule has 15 heavy (non-hydrogen) atoms. The van der Waals surface area contributed by atoms with Gasteiger partial charge in [-0.25, -0.2) is 0 Å². The maximum Gasteiger partial charge on any atom is 0.0303 e. The van der Waals surface area contributed by atoms with Gasteiger partial charge in [-0.15, -0.1) is 0 Å². The van der Waals surface area contributed by atoms with Crippen molar-refractivity contribution in [2.75, 3.05) is 0 Å². The summed E-state index contributed by atoms with van der Waals surface area (Å²) in [6.45, 7) is 0. The van der Waals surface area contributed by atoms with Crippen molar-refractivity contribution in [3.8, 4) is 0 Å². The first-order chi connectivity index (χ1) is 7.24. The molecule has 2 rings (SSSR count). The van der Waals surface area contributed by atoms with Crippen LogP contribution in [0.1, 0.15) is 11.1 Å². The molecular weight excluding hydrogens is 318 g/mol. The Balaban J connectivity index is 2.25. The monoisotopic (exact) mass is 325 g/mol. The molecule has 0 saturated heterocycles. The van der Waals surface area contributed by atoms with Crippen LogP contribution < -0.4 is 0 Å². The zero-order valence-electron chi connectivity index (χ0n) is 7.95. The summed E-state index contributed by atoms with van der Waals surface area (Å²) < 4.78 is 2.19. The fraction of sp³-hybridized carbons (Fsp3) is 0.0833. The highest BCUT2D eigenvalue weighted by Gasteiger charge is 1.99. The molecule has 3 heteroatoms. The Morgan fingerprint density at radius 3 is 2.33 bits per heavy atom. The molecule has 0 aliphatic heterocycles. The minimum atomic E-state index is 0.909. The van der Waals surface area contributed by atoms with Crippen LogP contribution in [0.25, 0.3) is 0 Å². The molecule has 2 aromatic rings. The fourth-order valence-corrected chi connectivity index (χ4v) is 2.84. The van der Waals surface area contributed by atoms with E-state index in [0.29, 0.717) is 0 Å². The summed E-state index contributed by atoms with van der Waals surface area (Å²) in [5, 5.41) is 0. The highest BCUT2D eigenvalue weighted by Crippen LogP contribution is 2.21. The second kappa shape index (κ2) is 4.90. The van der Waals surface area contributed by atoms with Crippen LogP contribution in [0.5, 0.6) is 0 Å². The van der Waals surface area contributed by atoms with E-state index < -0.39 is 0 Å². The fourth-order valence-electron chi connectivity index (χ4n) is 1.45. The van der Waals surface area contributed by atoms with Crippen molar-refractivity contribution >= 4 is 31.9 Å². The van der Waals surface area contributed by atoms with Crippen LogP contribution in [0.3, 0.4) is 0 Å². The summed E-state index contributed by atoms with van der Waals surface area (Å²) in [4.78, 5) is 4.10. The summed E-state index contributed by atoms with van der Waals surface area (Å²) in [6, 6.07) is 10.3. The molecule has 1 heterocycles. The lowest BCUT2D eigenvalue weighted by Crippen LogP contribution is -1.88.